The smallest absolute Gasteiger partial charge is 0.244 e. The molecular formula is C19H18N6O2. The number of methoxy groups -OCH3 is 1. The molecule has 1 saturated heterocycles. The number of fused-ring (bicyclic) bond motifs is 3. The Bertz CT molecular complexity index is 1160. The molecule has 3 atom stereocenters. The summed E-state index contributed by atoms with van der Waals surface area (Å²) in [4.78, 5) is 8.91. The van der Waals surface area contributed by atoms with Crippen LogP contribution in [-0.2, 0) is 4.74 Å². The summed E-state index contributed by atoms with van der Waals surface area (Å²) in [6, 6.07) is 6.48. The van der Waals surface area contributed by atoms with Gasteiger partial charge in [-0.05, 0) is 18.2 Å². The highest BCUT2D eigenvalue weighted by molar-refractivity contribution is 5.84. The van der Waals surface area contributed by atoms with Crippen LogP contribution in [0.4, 0.5) is 5.95 Å². The number of aromatic nitrogens is 5. The molecule has 4 aromatic heterocycles. The summed E-state index contributed by atoms with van der Waals surface area (Å²) in [5.41, 5.74) is 3.84. The molecule has 5 heterocycles. The Kier molecular flexibility index (Phi) is 3.01. The van der Waals surface area contributed by atoms with Crippen LogP contribution < -0.4 is 10.1 Å². The standard InChI is InChI=1S/C19H18N6O2/c1-26-18-17-12(11-2-3-15-20-5-7-24(15)8-11)4-6-25(17)23-19(22-18)21-16-13-9-27-10-14(13)16/h2-8,13-14,16H,9-10H2,1H3,(H,21,23)/t13-,14+,16-. The van der Waals surface area contributed by atoms with E-state index in [9.17, 15) is 0 Å². The zero-order valence-electron chi connectivity index (χ0n) is 14.7. The van der Waals surface area contributed by atoms with Crippen molar-refractivity contribution in [3.63, 3.8) is 0 Å². The highest BCUT2D eigenvalue weighted by Gasteiger charge is 2.54. The van der Waals surface area contributed by atoms with E-state index in [0.717, 1.165) is 35.5 Å². The lowest BCUT2D eigenvalue weighted by Gasteiger charge is -2.11. The van der Waals surface area contributed by atoms with Gasteiger partial charge in [-0.15, -0.1) is 5.10 Å². The number of rotatable bonds is 4. The van der Waals surface area contributed by atoms with Crippen molar-refractivity contribution in [1.29, 1.82) is 0 Å². The molecule has 1 aliphatic heterocycles. The van der Waals surface area contributed by atoms with Gasteiger partial charge < -0.3 is 19.2 Å². The average Bonchev–Trinajstić information content (AvgIpc) is 3.20. The van der Waals surface area contributed by atoms with E-state index in [1.54, 1.807) is 13.3 Å². The molecule has 8 nitrogen and oxygen atoms in total. The van der Waals surface area contributed by atoms with E-state index in [1.807, 2.05) is 33.4 Å². The molecule has 0 bridgehead atoms. The van der Waals surface area contributed by atoms with E-state index in [2.05, 4.69) is 32.6 Å². The predicted molar refractivity (Wildman–Crippen MR) is 98.9 cm³/mol. The summed E-state index contributed by atoms with van der Waals surface area (Å²) < 4.78 is 14.9. The monoisotopic (exact) mass is 362 g/mol. The van der Waals surface area contributed by atoms with Crippen LogP contribution in [0, 0.1) is 11.8 Å². The van der Waals surface area contributed by atoms with E-state index >= 15 is 0 Å². The van der Waals surface area contributed by atoms with Gasteiger partial charge in [0.15, 0.2) is 0 Å². The summed E-state index contributed by atoms with van der Waals surface area (Å²) in [6.07, 6.45) is 7.71. The average molecular weight is 362 g/mol. The number of nitrogens with zero attached hydrogens (tertiary/aromatic N) is 5. The lowest BCUT2D eigenvalue weighted by Crippen LogP contribution is -2.16. The van der Waals surface area contributed by atoms with Crippen LogP contribution in [0.2, 0.25) is 0 Å². The minimum Gasteiger partial charge on any atom is -0.479 e. The van der Waals surface area contributed by atoms with Crippen molar-refractivity contribution in [2.75, 3.05) is 25.6 Å². The van der Waals surface area contributed by atoms with Gasteiger partial charge in [0.1, 0.15) is 11.2 Å². The van der Waals surface area contributed by atoms with Gasteiger partial charge in [-0.1, -0.05) is 0 Å². The van der Waals surface area contributed by atoms with Crippen molar-refractivity contribution in [3.8, 4) is 17.0 Å². The fraction of sp³-hybridized carbons (Fsp3) is 0.316. The number of imidazole rings is 1. The van der Waals surface area contributed by atoms with Gasteiger partial charge in [0.05, 0.1) is 20.3 Å². The maximum Gasteiger partial charge on any atom is 0.244 e. The molecule has 0 amide bonds. The first-order valence-electron chi connectivity index (χ1n) is 9.02. The van der Waals surface area contributed by atoms with Crippen LogP contribution in [0.1, 0.15) is 0 Å². The molecule has 1 N–H and O–H groups in total. The van der Waals surface area contributed by atoms with Crippen LogP contribution in [0.25, 0.3) is 22.3 Å². The Balaban J connectivity index is 1.41. The minimum absolute atomic E-state index is 0.402. The number of hydrogen-bond acceptors (Lipinski definition) is 6. The molecule has 4 aromatic rings. The second-order valence-electron chi connectivity index (χ2n) is 7.11. The molecule has 27 heavy (non-hydrogen) atoms. The van der Waals surface area contributed by atoms with Crippen molar-refractivity contribution in [1.82, 2.24) is 24.0 Å². The maximum absolute atomic E-state index is 5.60. The normalized spacial score (nSPS) is 23.7. The molecule has 2 aliphatic rings. The summed E-state index contributed by atoms with van der Waals surface area (Å²) in [5.74, 6) is 2.31. The number of anilines is 1. The Morgan fingerprint density at radius 2 is 2.07 bits per heavy atom. The first-order chi connectivity index (χ1) is 13.3. The molecule has 0 radical (unpaired) electrons. The Morgan fingerprint density at radius 3 is 2.93 bits per heavy atom. The van der Waals surface area contributed by atoms with Gasteiger partial charge in [-0.2, -0.15) is 4.98 Å². The van der Waals surface area contributed by atoms with Gasteiger partial charge in [0, 0.05) is 53.8 Å². The van der Waals surface area contributed by atoms with E-state index < -0.39 is 0 Å². The topological polar surface area (TPSA) is 78.0 Å². The molecule has 0 spiro atoms. The number of pyridine rings is 1. The van der Waals surface area contributed by atoms with Crippen molar-refractivity contribution in [2.24, 2.45) is 11.8 Å². The lowest BCUT2D eigenvalue weighted by atomic mass is 10.1. The molecule has 1 aliphatic carbocycles. The van der Waals surface area contributed by atoms with E-state index in [-0.39, 0.29) is 0 Å². The molecule has 0 unspecified atom stereocenters. The Hall–Kier alpha value is -3.13. The van der Waals surface area contributed by atoms with Crippen molar-refractivity contribution in [2.45, 2.75) is 6.04 Å². The van der Waals surface area contributed by atoms with Gasteiger partial charge >= 0.3 is 0 Å². The van der Waals surface area contributed by atoms with E-state index in [4.69, 9.17) is 9.47 Å². The summed E-state index contributed by atoms with van der Waals surface area (Å²) in [6.45, 7) is 1.65. The largest absolute Gasteiger partial charge is 0.479 e. The zero-order valence-corrected chi connectivity index (χ0v) is 14.7. The van der Waals surface area contributed by atoms with Gasteiger partial charge in [0.25, 0.3) is 0 Å². The third kappa shape index (κ3) is 2.23. The van der Waals surface area contributed by atoms with Crippen LogP contribution in [0.5, 0.6) is 5.88 Å². The lowest BCUT2D eigenvalue weighted by molar-refractivity contribution is 0.162. The zero-order chi connectivity index (χ0) is 18.0. The summed E-state index contributed by atoms with van der Waals surface area (Å²) in [5, 5.41) is 8.08. The SMILES string of the molecule is COc1nc(N[C@@H]2[C@@H]3COC[C@@H]32)nn2ccc(-c3ccc4nccn4c3)c12. The molecule has 2 fully saturated rings. The molecule has 0 aromatic carbocycles. The second kappa shape index (κ2) is 5.43. The third-order valence-electron chi connectivity index (χ3n) is 5.62. The number of ether oxygens (including phenoxy) is 2. The number of hydrogen-bond donors (Lipinski definition) is 1. The predicted octanol–water partition coefficient (Wildman–Crippen LogP) is 2.11. The molecule has 6 rings (SSSR count). The number of nitrogens with one attached hydrogen (secondary N) is 1. The van der Waals surface area contributed by atoms with E-state index in [0.29, 0.717) is 29.7 Å². The molecular weight excluding hydrogens is 344 g/mol. The maximum atomic E-state index is 5.60. The van der Waals surface area contributed by atoms with Crippen molar-refractivity contribution in [3.05, 3.63) is 43.0 Å². The fourth-order valence-corrected chi connectivity index (χ4v) is 4.11. The highest BCUT2D eigenvalue weighted by atomic mass is 16.5. The third-order valence-corrected chi connectivity index (χ3v) is 5.62. The Labute approximate surface area is 154 Å². The van der Waals surface area contributed by atoms with Crippen LogP contribution in [0.3, 0.4) is 0 Å². The van der Waals surface area contributed by atoms with Crippen molar-refractivity contribution < 1.29 is 9.47 Å². The van der Waals surface area contributed by atoms with Crippen LogP contribution in [-0.4, -0.2) is 50.3 Å². The van der Waals surface area contributed by atoms with Crippen molar-refractivity contribution >= 4 is 17.1 Å². The molecule has 136 valence electrons. The summed E-state index contributed by atoms with van der Waals surface area (Å²) >= 11 is 0. The highest BCUT2D eigenvalue weighted by Crippen LogP contribution is 2.45. The first-order valence-corrected chi connectivity index (χ1v) is 9.02. The van der Waals surface area contributed by atoms with Gasteiger partial charge in [0.2, 0.25) is 11.8 Å². The fourth-order valence-electron chi connectivity index (χ4n) is 4.11. The second-order valence-corrected chi connectivity index (χ2v) is 7.11. The molecule has 1 saturated carbocycles. The molecule has 8 heteroatoms. The summed E-state index contributed by atoms with van der Waals surface area (Å²) in [7, 11) is 1.64. The minimum atomic E-state index is 0.402. The first kappa shape index (κ1) is 15.0. The van der Waals surface area contributed by atoms with Crippen LogP contribution >= 0.6 is 0 Å². The van der Waals surface area contributed by atoms with Crippen LogP contribution in [0.15, 0.2) is 43.0 Å². The quantitative estimate of drug-likeness (QED) is 0.599. The van der Waals surface area contributed by atoms with Gasteiger partial charge in [-0.3, -0.25) is 0 Å². The van der Waals surface area contributed by atoms with E-state index in [1.165, 1.54) is 0 Å². The Morgan fingerprint density at radius 1 is 1.19 bits per heavy atom. The van der Waals surface area contributed by atoms with Gasteiger partial charge in [-0.25, -0.2) is 9.50 Å².